The molecule has 1 fully saturated rings. The largest absolute Gasteiger partial charge is 0.325 e. The van der Waals surface area contributed by atoms with Gasteiger partial charge in [-0.25, -0.2) is 0 Å². The zero-order valence-electron chi connectivity index (χ0n) is 19.6. The fraction of sp³-hybridized carbons (Fsp3) is 0.407. The van der Waals surface area contributed by atoms with Crippen LogP contribution in [0.25, 0.3) is 0 Å². The molecule has 3 heterocycles. The first-order valence-corrected chi connectivity index (χ1v) is 11.8. The maximum absolute atomic E-state index is 14.1. The van der Waals surface area contributed by atoms with Gasteiger partial charge in [0.2, 0.25) is 11.8 Å². The molecular formula is C27H28N4O3. The van der Waals surface area contributed by atoms with E-state index in [4.69, 9.17) is 0 Å². The van der Waals surface area contributed by atoms with E-state index >= 15 is 0 Å². The van der Waals surface area contributed by atoms with Crippen molar-refractivity contribution in [3.63, 3.8) is 0 Å². The Bertz CT molecular complexity index is 1230. The number of fused-ring (bicyclic) bond motifs is 3. The Morgan fingerprint density at radius 3 is 2.59 bits per heavy atom. The van der Waals surface area contributed by atoms with Gasteiger partial charge in [-0.1, -0.05) is 50.2 Å². The minimum atomic E-state index is -0.946. The summed E-state index contributed by atoms with van der Waals surface area (Å²) in [5.41, 5.74) is 2.15. The molecular weight excluding hydrogens is 428 g/mol. The molecule has 0 bridgehead atoms. The number of carbonyl (C=O) groups excluding carboxylic acids is 3. The number of benzene rings is 2. The van der Waals surface area contributed by atoms with Crippen LogP contribution in [0.15, 0.2) is 48.5 Å². The third-order valence-corrected chi connectivity index (χ3v) is 7.52. The number of para-hydroxylation sites is 1. The van der Waals surface area contributed by atoms with E-state index in [1.165, 1.54) is 4.90 Å². The van der Waals surface area contributed by atoms with Gasteiger partial charge in [-0.05, 0) is 42.5 Å². The summed E-state index contributed by atoms with van der Waals surface area (Å²) in [6.07, 6.45) is 0.726. The summed E-state index contributed by atoms with van der Waals surface area (Å²) < 4.78 is 0. The van der Waals surface area contributed by atoms with Gasteiger partial charge < -0.3 is 15.1 Å². The number of nitrogens with one attached hydrogen (secondary N) is 1. The first kappa shape index (κ1) is 22.1. The summed E-state index contributed by atoms with van der Waals surface area (Å²) in [5, 5.41) is 12.9. The molecule has 1 N–H and O–H groups in total. The van der Waals surface area contributed by atoms with E-state index in [-0.39, 0.29) is 42.6 Å². The Morgan fingerprint density at radius 2 is 1.88 bits per heavy atom. The number of hydrogen-bond acceptors (Lipinski definition) is 4. The van der Waals surface area contributed by atoms with Crippen LogP contribution in [0.2, 0.25) is 0 Å². The zero-order chi connectivity index (χ0) is 24.2. The van der Waals surface area contributed by atoms with E-state index < -0.39 is 17.5 Å². The van der Waals surface area contributed by atoms with Crippen molar-refractivity contribution in [3.05, 3.63) is 65.2 Å². The van der Waals surface area contributed by atoms with Crippen molar-refractivity contribution in [2.75, 3.05) is 11.9 Å². The van der Waals surface area contributed by atoms with Gasteiger partial charge in [-0.15, -0.1) is 0 Å². The summed E-state index contributed by atoms with van der Waals surface area (Å²) in [6.45, 7) is 6.11. The Labute approximate surface area is 199 Å². The summed E-state index contributed by atoms with van der Waals surface area (Å²) in [6, 6.07) is 15.5. The second-order valence-electron chi connectivity index (χ2n) is 10.0. The van der Waals surface area contributed by atoms with Crippen LogP contribution in [-0.2, 0) is 15.0 Å². The van der Waals surface area contributed by atoms with Gasteiger partial charge in [-0.2, -0.15) is 5.26 Å². The van der Waals surface area contributed by atoms with Crippen molar-refractivity contribution >= 4 is 23.4 Å². The first-order chi connectivity index (χ1) is 16.3. The van der Waals surface area contributed by atoms with Gasteiger partial charge >= 0.3 is 0 Å². The van der Waals surface area contributed by atoms with E-state index in [2.05, 4.69) is 11.4 Å². The molecule has 0 radical (unpaired) electrons. The first-order valence-electron chi connectivity index (χ1n) is 11.8. The Balaban J connectivity index is 1.51. The van der Waals surface area contributed by atoms with Gasteiger partial charge in [0.15, 0.2) is 0 Å². The predicted octanol–water partition coefficient (Wildman–Crippen LogP) is 3.63. The maximum Gasteiger partial charge on any atom is 0.255 e. The minimum Gasteiger partial charge on any atom is -0.325 e. The SMILES string of the molecule is CC(C)CC(C(=O)N1C[C@]2(C[C@H]1C#N)C(=O)Nc1ccccc12)N1C(=O)c2ccccc2[C@H]1C. The average molecular weight is 457 g/mol. The normalized spacial score (nSPS) is 26.0. The van der Waals surface area contributed by atoms with Crippen LogP contribution in [0.4, 0.5) is 5.69 Å². The third kappa shape index (κ3) is 3.12. The average Bonchev–Trinajstić information content (AvgIpc) is 3.43. The Morgan fingerprint density at radius 1 is 1.18 bits per heavy atom. The van der Waals surface area contributed by atoms with Crippen LogP contribution in [0.1, 0.15) is 61.1 Å². The highest BCUT2D eigenvalue weighted by Gasteiger charge is 2.57. The summed E-state index contributed by atoms with van der Waals surface area (Å²) in [4.78, 5) is 43.8. The Kier molecular flexibility index (Phi) is 5.20. The number of anilines is 1. The van der Waals surface area contributed by atoms with Crippen LogP contribution in [0, 0.1) is 17.2 Å². The fourth-order valence-electron chi connectivity index (χ4n) is 5.89. The zero-order valence-corrected chi connectivity index (χ0v) is 19.6. The molecule has 174 valence electrons. The molecule has 34 heavy (non-hydrogen) atoms. The molecule has 0 aromatic heterocycles. The molecule has 7 nitrogen and oxygen atoms in total. The minimum absolute atomic E-state index is 0.130. The molecule has 7 heteroatoms. The standard InChI is InChI=1S/C27H28N4O3/c1-16(2)12-23(31-17(3)19-8-4-5-9-20(19)24(31)32)25(33)30-15-27(13-18(30)14-28)21-10-6-7-11-22(21)29-26(27)34/h4-11,16-18,23H,12-13,15H2,1-3H3,(H,29,34)/t17-,18+,23?,27+/m1/s1. The molecule has 3 aliphatic heterocycles. The molecule has 1 unspecified atom stereocenters. The van der Waals surface area contributed by atoms with Crippen molar-refractivity contribution in [2.45, 2.75) is 57.2 Å². The number of nitrogens with zero attached hydrogens (tertiary/aromatic N) is 3. The highest BCUT2D eigenvalue weighted by molar-refractivity contribution is 6.07. The summed E-state index contributed by atoms with van der Waals surface area (Å²) >= 11 is 0. The summed E-state index contributed by atoms with van der Waals surface area (Å²) in [7, 11) is 0. The van der Waals surface area contributed by atoms with Crippen molar-refractivity contribution in [3.8, 4) is 6.07 Å². The smallest absolute Gasteiger partial charge is 0.255 e. The van der Waals surface area contributed by atoms with Crippen molar-refractivity contribution < 1.29 is 14.4 Å². The number of amides is 3. The van der Waals surface area contributed by atoms with Crippen LogP contribution >= 0.6 is 0 Å². The molecule has 0 saturated carbocycles. The third-order valence-electron chi connectivity index (χ3n) is 7.52. The lowest BCUT2D eigenvalue weighted by molar-refractivity contribution is -0.137. The molecule has 4 atom stereocenters. The molecule has 5 rings (SSSR count). The van der Waals surface area contributed by atoms with E-state index in [0.29, 0.717) is 12.0 Å². The topological polar surface area (TPSA) is 93.5 Å². The molecule has 0 aliphatic carbocycles. The Hall–Kier alpha value is -3.66. The fourth-order valence-corrected chi connectivity index (χ4v) is 5.89. The van der Waals surface area contributed by atoms with Crippen LogP contribution in [0.3, 0.4) is 0 Å². The second kappa shape index (κ2) is 7.98. The number of hydrogen-bond donors (Lipinski definition) is 1. The van der Waals surface area contributed by atoms with Gasteiger partial charge in [0.05, 0.1) is 17.5 Å². The number of likely N-dealkylation sites (tertiary alicyclic amines) is 1. The monoisotopic (exact) mass is 456 g/mol. The number of rotatable bonds is 4. The molecule has 3 amide bonds. The molecule has 2 aromatic rings. The molecule has 1 saturated heterocycles. The van der Waals surface area contributed by atoms with E-state index in [0.717, 1.165) is 16.8 Å². The second-order valence-corrected chi connectivity index (χ2v) is 10.0. The van der Waals surface area contributed by atoms with Gasteiger partial charge in [0.1, 0.15) is 12.1 Å². The summed E-state index contributed by atoms with van der Waals surface area (Å²) in [5.74, 6) is -0.441. The van der Waals surface area contributed by atoms with Crippen LogP contribution in [-0.4, -0.2) is 46.1 Å². The lowest BCUT2D eigenvalue weighted by atomic mass is 9.80. The van der Waals surface area contributed by atoms with Crippen LogP contribution in [0.5, 0.6) is 0 Å². The molecule has 3 aliphatic rings. The molecule has 1 spiro atoms. The maximum atomic E-state index is 14.1. The predicted molar refractivity (Wildman–Crippen MR) is 127 cm³/mol. The number of carbonyl (C=O) groups is 3. The van der Waals surface area contributed by atoms with Crippen molar-refractivity contribution in [2.24, 2.45) is 5.92 Å². The van der Waals surface area contributed by atoms with E-state index in [1.54, 1.807) is 11.0 Å². The molecule has 2 aromatic carbocycles. The van der Waals surface area contributed by atoms with Crippen molar-refractivity contribution in [1.29, 1.82) is 5.26 Å². The highest BCUT2D eigenvalue weighted by atomic mass is 16.2. The van der Waals surface area contributed by atoms with Crippen LogP contribution < -0.4 is 5.32 Å². The van der Waals surface area contributed by atoms with E-state index in [1.807, 2.05) is 63.2 Å². The lowest BCUT2D eigenvalue weighted by Crippen LogP contribution is -2.52. The lowest BCUT2D eigenvalue weighted by Gasteiger charge is -2.35. The highest BCUT2D eigenvalue weighted by Crippen LogP contribution is 2.47. The number of nitriles is 1. The van der Waals surface area contributed by atoms with Gasteiger partial charge in [0, 0.05) is 24.2 Å². The van der Waals surface area contributed by atoms with Gasteiger partial charge in [0.25, 0.3) is 5.91 Å². The quantitative estimate of drug-likeness (QED) is 0.760. The van der Waals surface area contributed by atoms with E-state index in [9.17, 15) is 19.6 Å². The van der Waals surface area contributed by atoms with Gasteiger partial charge in [-0.3, -0.25) is 14.4 Å². The van der Waals surface area contributed by atoms with Crippen molar-refractivity contribution in [1.82, 2.24) is 9.80 Å².